The summed E-state index contributed by atoms with van der Waals surface area (Å²) in [6, 6.07) is -0.241. The van der Waals surface area contributed by atoms with Gasteiger partial charge in [0.1, 0.15) is 0 Å². The number of carbonyl (C=O) groups is 1. The summed E-state index contributed by atoms with van der Waals surface area (Å²) in [7, 11) is 0. The molecule has 1 fully saturated rings. The van der Waals surface area contributed by atoms with E-state index in [0.717, 1.165) is 13.0 Å². The van der Waals surface area contributed by atoms with Crippen LogP contribution in [0.5, 0.6) is 0 Å². The summed E-state index contributed by atoms with van der Waals surface area (Å²) in [5, 5.41) is 8.42. The highest BCUT2D eigenvalue weighted by Crippen LogP contribution is 2.16. The quantitative estimate of drug-likeness (QED) is 0.599. The lowest BCUT2D eigenvalue weighted by atomic mass is 9.97. The molecule has 0 aliphatic carbocycles. The van der Waals surface area contributed by atoms with Gasteiger partial charge < -0.3 is 15.6 Å². The van der Waals surface area contributed by atoms with E-state index in [1.54, 1.807) is 0 Å². The van der Waals surface area contributed by atoms with Crippen LogP contribution in [0.4, 0.5) is 0 Å². The summed E-state index contributed by atoms with van der Waals surface area (Å²) in [6.07, 6.45) is 0.947. The van der Waals surface area contributed by atoms with E-state index in [4.69, 9.17) is 15.6 Å². The van der Waals surface area contributed by atoms with Gasteiger partial charge in [0.05, 0.1) is 13.0 Å². The number of rotatable bonds is 3. The Hall–Kier alpha value is -0.610. The van der Waals surface area contributed by atoms with Crippen LogP contribution in [0.1, 0.15) is 12.8 Å². The Bertz CT molecular complexity index is 143. The van der Waals surface area contributed by atoms with Crippen molar-refractivity contribution in [2.24, 2.45) is 11.7 Å². The third-order valence-electron chi connectivity index (χ3n) is 1.98. The maximum absolute atomic E-state index is 10.2. The Morgan fingerprint density at radius 2 is 2.55 bits per heavy atom. The van der Waals surface area contributed by atoms with Crippen LogP contribution in [0, 0.1) is 5.92 Å². The molecular formula is C7H13NO3. The third kappa shape index (κ3) is 2.48. The molecule has 11 heavy (non-hydrogen) atoms. The average Bonchev–Trinajstić information content (AvgIpc) is 2.35. The summed E-state index contributed by atoms with van der Waals surface area (Å²) in [5.74, 6) is -0.587. The first kappa shape index (κ1) is 8.49. The van der Waals surface area contributed by atoms with Crippen LogP contribution >= 0.6 is 0 Å². The number of hydrogen-bond acceptors (Lipinski definition) is 3. The number of carboxylic acids is 1. The Morgan fingerprint density at radius 1 is 1.82 bits per heavy atom. The van der Waals surface area contributed by atoms with E-state index in [9.17, 15) is 4.79 Å². The minimum absolute atomic E-state index is 0.0496. The molecule has 0 unspecified atom stereocenters. The Labute approximate surface area is 65.3 Å². The Morgan fingerprint density at radius 3 is 3.00 bits per heavy atom. The van der Waals surface area contributed by atoms with Crippen LogP contribution in [-0.4, -0.2) is 30.3 Å². The van der Waals surface area contributed by atoms with E-state index in [-0.39, 0.29) is 18.4 Å². The third-order valence-corrected chi connectivity index (χ3v) is 1.98. The Kier molecular flexibility index (Phi) is 2.84. The normalized spacial score (nSPS) is 26.8. The summed E-state index contributed by atoms with van der Waals surface area (Å²) in [4.78, 5) is 10.2. The number of aliphatic carboxylic acids is 1. The number of ether oxygens (including phenoxy) is 1. The highest BCUT2D eigenvalue weighted by atomic mass is 16.5. The fourth-order valence-corrected chi connectivity index (χ4v) is 1.26. The molecule has 4 nitrogen and oxygen atoms in total. The van der Waals surface area contributed by atoms with Crippen molar-refractivity contribution in [1.29, 1.82) is 0 Å². The predicted octanol–water partition coefficient (Wildman–Crippen LogP) is -0.175. The van der Waals surface area contributed by atoms with Gasteiger partial charge in [0, 0.05) is 18.6 Å². The molecule has 0 radical (unpaired) electrons. The van der Waals surface area contributed by atoms with Crippen LogP contribution in [0.25, 0.3) is 0 Å². The molecule has 0 aromatic carbocycles. The molecule has 2 atom stereocenters. The fourth-order valence-electron chi connectivity index (χ4n) is 1.26. The van der Waals surface area contributed by atoms with Crippen molar-refractivity contribution in [3.63, 3.8) is 0 Å². The lowest BCUT2D eigenvalue weighted by molar-refractivity contribution is -0.137. The van der Waals surface area contributed by atoms with E-state index in [1.165, 1.54) is 0 Å². The lowest BCUT2D eigenvalue weighted by Gasteiger charge is -2.14. The number of nitrogens with two attached hydrogens (primary N) is 1. The first-order valence-corrected chi connectivity index (χ1v) is 3.75. The van der Waals surface area contributed by atoms with Gasteiger partial charge in [0.15, 0.2) is 0 Å². The molecule has 0 spiro atoms. The minimum atomic E-state index is -0.829. The van der Waals surface area contributed by atoms with E-state index in [0.29, 0.717) is 6.61 Å². The molecule has 4 heteroatoms. The monoisotopic (exact) mass is 159 g/mol. The first-order valence-electron chi connectivity index (χ1n) is 3.75. The molecular weight excluding hydrogens is 146 g/mol. The standard InChI is InChI=1S/C7H13NO3/c8-6(3-7(9)10)5-1-2-11-4-5/h5-6H,1-4,8H2,(H,9,10)/t5-,6+/m1/s1. The van der Waals surface area contributed by atoms with E-state index in [2.05, 4.69) is 0 Å². The molecule has 1 aliphatic rings. The van der Waals surface area contributed by atoms with Crippen molar-refractivity contribution >= 4 is 5.97 Å². The number of carboxylic acid groups (broad SMARTS) is 1. The zero-order chi connectivity index (χ0) is 8.27. The van der Waals surface area contributed by atoms with Crippen molar-refractivity contribution in [1.82, 2.24) is 0 Å². The lowest BCUT2D eigenvalue weighted by Crippen LogP contribution is -2.32. The topological polar surface area (TPSA) is 72.6 Å². The van der Waals surface area contributed by atoms with Gasteiger partial charge in [-0.3, -0.25) is 4.79 Å². The Balaban J connectivity index is 2.28. The zero-order valence-electron chi connectivity index (χ0n) is 6.32. The van der Waals surface area contributed by atoms with E-state index < -0.39 is 5.97 Å². The van der Waals surface area contributed by atoms with Gasteiger partial charge in [0.25, 0.3) is 0 Å². The second-order valence-electron chi connectivity index (χ2n) is 2.89. The largest absolute Gasteiger partial charge is 0.481 e. The van der Waals surface area contributed by atoms with Crippen molar-refractivity contribution < 1.29 is 14.6 Å². The molecule has 0 aromatic heterocycles. The van der Waals surface area contributed by atoms with E-state index in [1.807, 2.05) is 0 Å². The van der Waals surface area contributed by atoms with Gasteiger partial charge in [-0.25, -0.2) is 0 Å². The molecule has 1 rings (SSSR count). The van der Waals surface area contributed by atoms with Gasteiger partial charge in [-0.1, -0.05) is 0 Å². The van der Waals surface area contributed by atoms with Crippen LogP contribution in [-0.2, 0) is 9.53 Å². The molecule has 1 aliphatic heterocycles. The van der Waals surface area contributed by atoms with Crippen LogP contribution in [0.3, 0.4) is 0 Å². The van der Waals surface area contributed by atoms with Gasteiger partial charge in [-0.15, -0.1) is 0 Å². The maximum atomic E-state index is 10.2. The molecule has 0 aromatic rings. The fraction of sp³-hybridized carbons (Fsp3) is 0.857. The molecule has 1 saturated heterocycles. The highest BCUT2D eigenvalue weighted by Gasteiger charge is 2.24. The minimum Gasteiger partial charge on any atom is -0.481 e. The van der Waals surface area contributed by atoms with Gasteiger partial charge in [-0.05, 0) is 6.42 Å². The van der Waals surface area contributed by atoms with Crippen LogP contribution in [0.15, 0.2) is 0 Å². The maximum Gasteiger partial charge on any atom is 0.304 e. The van der Waals surface area contributed by atoms with Crippen molar-refractivity contribution in [3.05, 3.63) is 0 Å². The SMILES string of the molecule is N[C@@H](CC(=O)O)[C@@H]1CCOC1. The van der Waals surface area contributed by atoms with Gasteiger partial charge in [-0.2, -0.15) is 0 Å². The summed E-state index contributed by atoms with van der Waals surface area (Å²) in [6.45, 7) is 1.34. The van der Waals surface area contributed by atoms with Gasteiger partial charge in [0.2, 0.25) is 0 Å². The summed E-state index contributed by atoms with van der Waals surface area (Å²) < 4.78 is 5.09. The predicted molar refractivity (Wildman–Crippen MR) is 39.2 cm³/mol. The molecule has 0 bridgehead atoms. The molecule has 0 amide bonds. The molecule has 3 N–H and O–H groups in total. The van der Waals surface area contributed by atoms with Crippen molar-refractivity contribution in [3.8, 4) is 0 Å². The molecule has 0 saturated carbocycles. The molecule has 1 heterocycles. The second-order valence-corrected chi connectivity index (χ2v) is 2.89. The van der Waals surface area contributed by atoms with Crippen molar-refractivity contribution in [2.45, 2.75) is 18.9 Å². The zero-order valence-corrected chi connectivity index (χ0v) is 6.32. The van der Waals surface area contributed by atoms with E-state index >= 15 is 0 Å². The summed E-state index contributed by atoms with van der Waals surface area (Å²) in [5.41, 5.74) is 5.62. The average molecular weight is 159 g/mol. The first-order chi connectivity index (χ1) is 5.20. The number of hydrogen-bond donors (Lipinski definition) is 2. The van der Waals surface area contributed by atoms with Gasteiger partial charge >= 0.3 is 5.97 Å². The highest BCUT2D eigenvalue weighted by molar-refractivity contribution is 5.67. The second kappa shape index (κ2) is 3.69. The smallest absolute Gasteiger partial charge is 0.304 e. The van der Waals surface area contributed by atoms with Crippen LogP contribution < -0.4 is 5.73 Å². The molecule has 64 valence electrons. The van der Waals surface area contributed by atoms with Crippen molar-refractivity contribution in [2.75, 3.05) is 13.2 Å². The van der Waals surface area contributed by atoms with Crippen LogP contribution in [0.2, 0.25) is 0 Å². The summed E-state index contributed by atoms with van der Waals surface area (Å²) >= 11 is 0.